The van der Waals surface area contributed by atoms with Gasteiger partial charge in [0.05, 0.1) is 5.92 Å². The van der Waals surface area contributed by atoms with E-state index in [9.17, 15) is 9.59 Å². The van der Waals surface area contributed by atoms with E-state index in [0.29, 0.717) is 6.42 Å². The maximum Gasteiger partial charge on any atom is 0.141 e. The fraction of sp³-hybridized carbons (Fsp3) is 0.636. The van der Waals surface area contributed by atoms with Crippen LogP contribution in [0.3, 0.4) is 0 Å². The van der Waals surface area contributed by atoms with Crippen molar-refractivity contribution in [3.05, 3.63) is 0 Å². The molecule has 78 valence electrons. The molecule has 0 saturated carbocycles. The van der Waals surface area contributed by atoms with Crippen LogP contribution in [0.5, 0.6) is 0 Å². The molecule has 0 heterocycles. The Bertz CT molecular complexity index is 275. The van der Waals surface area contributed by atoms with Crippen LogP contribution in [0.4, 0.5) is 0 Å². The molecule has 0 aliphatic carbocycles. The SMILES string of the molecule is CC(=O)C(CC#C[Si](C)(C)C)C(C)=O. The van der Waals surface area contributed by atoms with E-state index in [1.54, 1.807) is 0 Å². The van der Waals surface area contributed by atoms with E-state index in [4.69, 9.17) is 0 Å². The predicted octanol–water partition coefficient (Wildman–Crippen LogP) is 2.05. The summed E-state index contributed by atoms with van der Waals surface area (Å²) < 4.78 is 0. The molecule has 0 aliphatic heterocycles. The molecule has 3 heteroatoms. The maximum absolute atomic E-state index is 11.1. The molecule has 14 heavy (non-hydrogen) atoms. The van der Waals surface area contributed by atoms with Crippen molar-refractivity contribution >= 4 is 19.6 Å². The topological polar surface area (TPSA) is 34.1 Å². The van der Waals surface area contributed by atoms with Crippen LogP contribution in [0.1, 0.15) is 20.3 Å². The molecule has 0 spiro atoms. The number of Topliss-reactive ketones (excluding diaryl/α,β-unsaturated/α-hetero) is 2. The van der Waals surface area contributed by atoms with Gasteiger partial charge in [-0.2, -0.15) is 0 Å². The number of carbonyl (C=O) groups is 2. The highest BCUT2D eigenvalue weighted by Gasteiger charge is 2.18. The molecule has 0 N–H and O–H groups in total. The lowest BCUT2D eigenvalue weighted by atomic mass is 9.98. The van der Waals surface area contributed by atoms with Crippen molar-refractivity contribution in [2.75, 3.05) is 0 Å². The van der Waals surface area contributed by atoms with Gasteiger partial charge in [0.1, 0.15) is 19.6 Å². The predicted molar refractivity (Wildman–Crippen MR) is 60.6 cm³/mol. The van der Waals surface area contributed by atoms with Crippen LogP contribution < -0.4 is 0 Å². The fourth-order valence-electron chi connectivity index (χ4n) is 0.992. The molecule has 0 aromatic heterocycles. The van der Waals surface area contributed by atoms with Gasteiger partial charge in [-0.1, -0.05) is 19.6 Å². The molecule has 0 fully saturated rings. The van der Waals surface area contributed by atoms with E-state index < -0.39 is 14.0 Å². The largest absolute Gasteiger partial charge is 0.299 e. The lowest BCUT2D eigenvalue weighted by molar-refractivity contribution is -0.130. The van der Waals surface area contributed by atoms with Gasteiger partial charge in [0.15, 0.2) is 0 Å². The summed E-state index contributed by atoms with van der Waals surface area (Å²) in [5.41, 5.74) is 3.15. The van der Waals surface area contributed by atoms with Crippen LogP contribution in [0.25, 0.3) is 0 Å². The summed E-state index contributed by atoms with van der Waals surface area (Å²) >= 11 is 0. The first-order chi connectivity index (χ1) is 6.24. The van der Waals surface area contributed by atoms with Crippen LogP contribution >= 0.6 is 0 Å². The van der Waals surface area contributed by atoms with Crippen LogP contribution in [0, 0.1) is 17.4 Å². The number of carbonyl (C=O) groups excluding carboxylic acids is 2. The Kier molecular flexibility index (Phi) is 4.79. The van der Waals surface area contributed by atoms with Gasteiger partial charge in [-0.25, -0.2) is 0 Å². The summed E-state index contributed by atoms with van der Waals surface area (Å²) in [4.78, 5) is 22.1. The van der Waals surface area contributed by atoms with Gasteiger partial charge in [-0.3, -0.25) is 9.59 Å². The zero-order valence-electron chi connectivity index (χ0n) is 9.60. The molecule has 2 nitrogen and oxygen atoms in total. The molecule has 0 amide bonds. The Hall–Kier alpha value is -0.883. The third-order valence-corrected chi connectivity index (χ3v) is 2.68. The first-order valence-corrected chi connectivity index (χ1v) is 8.25. The Labute approximate surface area is 87.1 Å². The molecule has 0 saturated heterocycles. The van der Waals surface area contributed by atoms with E-state index in [0.717, 1.165) is 0 Å². The van der Waals surface area contributed by atoms with Crippen molar-refractivity contribution in [2.45, 2.75) is 39.9 Å². The quantitative estimate of drug-likeness (QED) is 0.406. The molecule has 0 aromatic carbocycles. The maximum atomic E-state index is 11.1. The van der Waals surface area contributed by atoms with Crippen molar-refractivity contribution in [1.82, 2.24) is 0 Å². The number of hydrogen-bond donors (Lipinski definition) is 0. The van der Waals surface area contributed by atoms with E-state index in [-0.39, 0.29) is 11.6 Å². The van der Waals surface area contributed by atoms with Crippen molar-refractivity contribution in [1.29, 1.82) is 0 Å². The molecule has 0 radical (unpaired) electrons. The third-order valence-electron chi connectivity index (χ3n) is 1.75. The lowest BCUT2D eigenvalue weighted by Gasteiger charge is -2.06. The molecule has 0 rings (SSSR count). The summed E-state index contributed by atoms with van der Waals surface area (Å²) in [6.07, 6.45) is 0.384. The fourth-order valence-corrected chi connectivity index (χ4v) is 1.62. The molecule has 0 bridgehead atoms. The average molecular weight is 210 g/mol. The Morgan fingerprint density at radius 1 is 1.14 bits per heavy atom. The highest BCUT2D eigenvalue weighted by molar-refractivity contribution is 6.83. The van der Waals surface area contributed by atoms with E-state index in [2.05, 4.69) is 31.1 Å². The second-order valence-corrected chi connectivity index (χ2v) is 9.28. The van der Waals surface area contributed by atoms with Crippen LogP contribution in [-0.2, 0) is 9.59 Å². The number of hydrogen-bond acceptors (Lipinski definition) is 2. The molecular formula is C11H18O2Si. The van der Waals surface area contributed by atoms with Crippen LogP contribution in [0.15, 0.2) is 0 Å². The zero-order chi connectivity index (χ0) is 11.4. The van der Waals surface area contributed by atoms with Gasteiger partial charge in [0.2, 0.25) is 0 Å². The second kappa shape index (κ2) is 5.11. The summed E-state index contributed by atoms with van der Waals surface area (Å²) in [7, 11) is -1.38. The minimum Gasteiger partial charge on any atom is -0.299 e. The zero-order valence-corrected chi connectivity index (χ0v) is 10.6. The van der Waals surface area contributed by atoms with Crippen LogP contribution in [-0.4, -0.2) is 19.6 Å². The minimum atomic E-state index is -1.38. The van der Waals surface area contributed by atoms with E-state index in [1.807, 2.05) is 0 Å². The van der Waals surface area contributed by atoms with Gasteiger partial charge in [0, 0.05) is 6.42 Å². The summed E-state index contributed by atoms with van der Waals surface area (Å²) in [5, 5.41) is 0. The van der Waals surface area contributed by atoms with Crippen molar-refractivity contribution in [3.63, 3.8) is 0 Å². The standard InChI is InChI=1S/C11H18O2Si/c1-9(12)11(10(2)13)7-6-8-14(3,4)5/h11H,7H2,1-5H3. The van der Waals surface area contributed by atoms with Gasteiger partial charge < -0.3 is 0 Å². The van der Waals surface area contributed by atoms with Gasteiger partial charge in [-0.05, 0) is 13.8 Å². The monoisotopic (exact) mass is 210 g/mol. The summed E-state index contributed by atoms with van der Waals surface area (Å²) in [6.45, 7) is 9.30. The Morgan fingerprint density at radius 2 is 1.57 bits per heavy atom. The first kappa shape index (κ1) is 13.1. The Morgan fingerprint density at radius 3 is 1.86 bits per heavy atom. The van der Waals surface area contributed by atoms with Gasteiger partial charge in [-0.15, -0.1) is 11.5 Å². The molecule has 0 aliphatic rings. The lowest BCUT2D eigenvalue weighted by Crippen LogP contribution is -2.20. The summed E-state index contributed by atoms with van der Waals surface area (Å²) in [5.74, 6) is 2.28. The average Bonchev–Trinajstić information content (AvgIpc) is 1.94. The number of ketones is 2. The molecular weight excluding hydrogens is 192 g/mol. The third kappa shape index (κ3) is 5.71. The van der Waals surface area contributed by atoms with Gasteiger partial charge in [0.25, 0.3) is 0 Å². The highest BCUT2D eigenvalue weighted by atomic mass is 28.3. The molecule has 0 unspecified atom stereocenters. The van der Waals surface area contributed by atoms with Crippen molar-refractivity contribution in [3.8, 4) is 11.5 Å². The van der Waals surface area contributed by atoms with Crippen LogP contribution in [0.2, 0.25) is 19.6 Å². The molecule has 0 aromatic rings. The molecule has 0 atom stereocenters. The van der Waals surface area contributed by atoms with Gasteiger partial charge >= 0.3 is 0 Å². The normalized spacial score (nSPS) is 10.7. The first-order valence-electron chi connectivity index (χ1n) is 4.75. The van der Waals surface area contributed by atoms with E-state index >= 15 is 0 Å². The van der Waals surface area contributed by atoms with Crippen molar-refractivity contribution in [2.24, 2.45) is 5.92 Å². The smallest absolute Gasteiger partial charge is 0.141 e. The highest BCUT2D eigenvalue weighted by Crippen LogP contribution is 2.06. The minimum absolute atomic E-state index is 0.0811. The number of rotatable bonds is 3. The Balaban J connectivity index is 4.40. The van der Waals surface area contributed by atoms with Crippen molar-refractivity contribution < 1.29 is 9.59 Å². The second-order valence-electron chi connectivity index (χ2n) is 4.53. The summed E-state index contributed by atoms with van der Waals surface area (Å²) in [6, 6.07) is 0. The van der Waals surface area contributed by atoms with E-state index in [1.165, 1.54) is 13.8 Å².